The second-order valence-corrected chi connectivity index (χ2v) is 6.63. The molecular formula is C15H22N2O2S. The fourth-order valence-electron chi connectivity index (χ4n) is 2.14. The summed E-state index contributed by atoms with van der Waals surface area (Å²) in [6.45, 7) is 4.89. The summed E-state index contributed by atoms with van der Waals surface area (Å²) in [7, 11) is 1.66. The third kappa shape index (κ3) is 3.67. The summed E-state index contributed by atoms with van der Waals surface area (Å²) < 4.78 is 5.17. The zero-order valence-electron chi connectivity index (χ0n) is 12.2. The lowest BCUT2D eigenvalue weighted by molar-refractivity contribution is -0.122. The van der Waals surface area contributed by atoms with Crippen LogP contribution in [0, 0.1) is 0 Å². The Labute approximate surface area is 124 Å². The molecule has 0 aliphatic carbocycles. The number of amides is 1. The van der Waals surface area contributed by atoms with Crippen LogP contribution in [0.4, 0.5) is 0 Å². The molecule has 0 radical (unpaired) electrons. The number of carbonyl (C=O) groups is 1. The lowest BCUT2D eigenvalue weighted by Gasteiger charge is -2.26. The molecule has 0 aromatic heterocycles. The van der Waals surface area contributed by atoms with Gasteiger partial charge in [0.25, 0.3) is 0 Å². The van der Waals surface area contributed by atoms with Crippen LogP contribution < -0.4 is 15.4 Å². The molecule has 5 heteroatoms. The van der Waals surface area contributed by atoms with Crippen molar-refractivity contribution in [1.82, 2.24) is 10.6 Å². The normalized spacial score (nSPS) is 18.9. The lowest BCUT2D eigenvalue weighted by atomic mass is 9.84. The van der Waals surface area contributed by atoms with E-state index in [9.17, 15) is 4.79 Å². The van der Waals surface area contributed by atoms with Crippen molar-refractivity contribution in [2.75, 3.05) is 25.3 Å². The minimum atomic E-state index is -0.103. The van der Waals surface area contributed by atoms with E-state index in [2.05, 4.69) is 36.6 Å². The summed E-state index contributed by atoms with van der Waals surface area (Å²) in [6, 6.07) is 7.96. The van der Waals surface area contributed by atoms with Crippen molar-refractivity contribution < 1.29 is 9.53 Å². The molecule has 110 valence electrons. The molecule has 20 heavy (non-hydrogen) atoms. The zero-order valence-corrected chi connectivity index (χ0v) is 13.0. The Balaban J connectivity index is 1.93. The summed E-state index contributed by atoms with van der Waals surface area (Å²) in [6.07, 6.45) is 0. The standard InChI is InChI=1S/C15H22N2O2S/c1-15(2,11-4-6-12(19-3)7-5-11)9-16-14(18)13-8-20-10-17-13/h4-7,13,17H,8-10H2,1-3H3,(H,16,18). The Bertz CT molecular complexity index is 453. The Kier molecular flexibility index (Phi) is 4.94. The van der Waals surface area contributed by atoms with Crippen LogP contribution >= 0.6 is 11.8 Å². The van der Waals surface area contributed by atoms with Crippen LogP contribution in [0.15, 0.2) is 24.3 Å². The molecule has 1 saturated heterocycles. The van der Waals surface area contributed by atoms with Crippen molar-refractivity contribution in [2.45, 2.75) is 25.3 Å². The average Bonchev–Trinajstić information content (AvgIpc) is 2.99. The van der Waals surface area contributed by atoms with Crippen LogP contribution in [0.25, 0.3) is 0 Å². The molecule has 0 bridgehead atoms. The average molecular weight is 294 g/mol. The van der Waals surface area contributed by atoms with Gasteiger partial charge >= 0.3 is 0 Å². The number of nitrogens with one attached hydrogen (secondary N) is 2. The molecule has 1 unspecified atom stereocenters. The Morgan fingerprint density at radius 1 is 1.45 bits per heavy atom. The van der Waals surface area contributed by atoms with Gasteiger partial charge in [-0.05, 0) is 17.7 Å². The topological polar surface area (TPSA) is 50.4 Å². The van der Waals surface area contributed by atoms with Crippen molar-refractivity contribution in [3.63, 3.8) is 0 Å². The van der Waals surface area contributed by atoms with Gasteiger partial charge in [0.05, 0.1) is 13.2 Å². The molecule has 1 atom stereocenters. The van der Waals surface area contributed by atoms with Gasteiger partial charge in [-0.1, -0.05) is 26.0 Å². The number of ether oxygens (including phenoxy) is 1. The smallest absolute Gasteiger partial charge is 0.238 e. The SMILES string of the molecule is COc1ccc(C(C)(C)CNC(=O)C2CSCN2)cc1. The van der Waals surface area contributed by atoms with Gasteiger partial charge in [-0.3, -0.25) is 10.1 Å². The van der Waals surface area contributed by atoms with Gasteiger partial charge in [0.15, 0.2) is 0 Å². The first kappa shape index (κ1) is 15.2. The largest absolute Gasteiger partial charge is 0.497 e. The third-order valence-corrected chi connectivity index (χ3v) is 4.55. The molecule has 2 rings (SSSR count). The van der Waals surface area contributed by atoms with E-state index in [0.717, 1.165) is 17.4 Å². The number of methoxy groups -OCH3 is 1. The van der Waals surface area contributed by atoms with Crippen molar-refractivity contribution in [1.29, 1.82) is 0 Å². The monoisotopic (exact) mass is 294 g/mol. The van der Waals surface area contributed by atoms with E-state index in [1.807, 2.05) is 12.1 Å². The van der Waals surface area contributed by atoms with Gasteiger partial charge in [-0.15, -0.1) is 11.8 Å². The minimum Gasteiger partial charge on any atom is -0.497 e. The molecule has 1 heterocycles. The number of benzene rings is 1. The quantitative estimate of drug-likeness (QED) is 0.869. The molecule has 0 saturated carbocycles. The van der Waals surface area contributed by atoms with Gasteiger partial charge in [0.1, 0.15) is 5.75 Å². The number of hydrogen-bond acceptors (Lipinski definition) is 4. The minimum absolute atomic E-state index is 0.0494. The molecule has 1 fully saturated rings. The number of rotatable bonds is 5. The summed E-state index contributed by atoms with van der Waals surface area (Å²) in [5.74, 6) is 2.66. The van der Waals surface area contributed by atoms with Gasteiger partial charge < -0.3 is 10.1 Å². The summed E-state index contributed by atoms with van der Waals surface area (Å²) in [4.78, 5) is 12.0. The van der Waals surface area contributed by atoms with Crippen LogP contribution in [0.2, 0.25) is 0 Å². The molecule has 1 aliphatic heterocycles. The second-order valence-electron chi connectivity index (χ2n) is 5.60. The van der Waals surface area contributed by atoms with E-state index in [-0.39, 0.29) is 17.4 Å². The Hall–Kier alpha value is -1.20. The van der Waals surface area contributed by atoms with Crippen LogP contribution in [0.3, 0.4) is 0 Å². The number of thioether (sulfide) groups is 1. The van der Waals surface area contributed by atoms with E-state index in [1.54, 1.807) is 18.9 Å². The predicted molar refractivity (Wildman–Crippen MR) is 83.3 cm³/mol. The van der Waals surface area contributed by atoms with Crippen LogP contribution in [-0.2, 0) is 10.2 Å². The Morgan fingerprint density at radius 3 is 2.70 bits per heavy atom. The molecule has 0 spiro atoms. The molecule has 1 aromatic carbocycles. The van der Waals surface area contributed by atoms with Crippen LogP contribution in [0.1, 0.15) is 19.4 Å². The third-order valence-electron chi connectivity index (χ3n) is 3.61. The van der Waals surface area contributed by atoms with E-state index in [0.29, 0.717) is 6.54 Å². The first-order valence-corrected chi connectivity index (χ1v) is 7.92. The van der Waals surface area contributed by atoms with Crippen molar-refractivity contribution >= 4 is 17.7 Å². The highest BCUT2D eigenvalue weighted by atomic mass is 32.2. The first-order valence-electron chi connectivity index (χ1n) is 6.76. The fourth-order valence-corrected chi connectivity index (χ4v) is 3.08. The van der Waals surface area contributed by atoms with E-state index < -0.39 is 0 Å². The van der Waals surface area contributed by atoms with Crippen LogP contribution in [-0.4, -0.2) is 37.2 Å². The summed E-state index contributed by atoms with van der Waals surface area (Å²) in [5.41, 5.74) is 1.08. The maximum Gasteiger partial charge on any atom is 0.238 e. The molecule has 1 aromatic rings. The van der Waals surface area contributed by atoms with Crippen molar-refractivity contribution in [2.24, 2.45) is 0 Å². The molecule has 1 amide bonds. The number of hydrogen-bond donors (Lipinski definition) is 2. The first-order chi connectivity index (χ1) is 9.53. The molecule has 4 nitrogen and oxygen atoms in total. The highest BCUT2D eigenvalue weighted by Crippen LogP contribution is 2.24. The number of carbonyl (C=O) groups excluding carboxylic acids is 1. The van der Waals surface area contributed by atoms with Crippen LogP contribution in [0.5, 0.6) is 5.75 Å². The molecular weight excluding hydrogens is 272 g/mol. The predicted octanol–water partition coefficient (Wildman–Crippen LogP) is 1.75. The van der Waals surface area contributed by atoms with Gasteiger partial charge in [0, 0.05) is 23.6 Å². The van der Waals surface area contributed by atoms with Gasteiger partial charge in [0.2, 0.25) is 5.91 Å². The van der Waals surface area contributed by atoms with Gasteiger partial charge in [-0.2, -0.15) is 0 Å². The maximum absolute atomic E-state index is 12.0. The molecule has 1 aliphatic rings. The Morgan fingerprint density at radius 2 is 2.15 bits per heavy atom. The summed E-state index contributed by atoms with van der Waals surface area (Å²) in [5, 5.41) is 6.23. The van der Waals surface area contributed by atoms with E-state index in [1.165, 1.54) is 5.56 Å². The van der Waals surface area contributed by atoms with E-state index in [4.69, 9.17) is 4.74 Å². The maximum atomic E-state index is 12.0. The molecule has 2 N–H and O–H groups in total. The fraction of sp³-hybridized carbons (Fsp3) is 0.533. The highest BCUT2D eigenvalue weighted by molar-refractivity contribution is 7.99. The van der Waals surface area contributed by atoms with Gasteiger partial charge in [-0.25, -0.2) is 0 Å². The van der Waals surface area contributed by atoms with Crippen molar-refractivity contribution in [3.8, 4) is 5.75 Å². The lowest BCUT2D eigenvalue weighted by Crippen LogP contribution is -2.46. The van der Waals surface area contributed by atoms with E-state index >= 15 is 0 Å². The summed E-state index contributed by atoms with van der Waals surface area (Å²) >= 11 is 1.76. The zero-order chi connectivity index (χ0) is 14.6. The second kappa shape index (κ2) is 6.50. The van der Waals surface area contributed by atoms with Crippen molar-refractivity contribution in [3.05, 3.63) is 29.8 Å². The highest BCUT2D eigenvalue weighted by Gasteiger charge is 2.26.